The Balaban J connectivity index is 0.00000196. The molecule has 0 radical (unpaired) electrons. The van der Waals surface area contributed by atoms with E-state index in [1.54, 1.807) is 0 Å². The Labute approximate surface area is 162 Å². The highest BCUT2D eigenvalue weighted by atomic mass is 35.5. The molecule has 2 aliphatic rings. The van der Waals surface area contributed by atoms with Gasteiger partial charge >= 0.3 is 0 Å². The number of aromatic nitrogens is 2. The molecule has 1 saturated heterocycles. The second-order valence-electron chi connectivity index (χ2n) is 6.77. The van der Waals surface area contributed by atoms with Crippen molar-refractivity contribution in [3.63, 3.8) is 0 Å². The molecule has 1 aromatic heterocycles. The maximum absolute atomic E-state index is 14.0. The topological polar surface area (TPSA) is 33.2 Å². The molecule has 0 saturated carbocycles. The summed E-state index contributed by atoms with van der Waals surface area (Å²) >= 11 is 5.49. The first-order valence-corrected chi connectivity index (χ1v) is 9.08. The van der Waals surface area contributed by atoms with Crippen molar-refractivity contribution >= 4 is 24.6 Å². The number of morpholine rings is 1. The number of H-pyrrole nitrogens is 1. The first kappa shape index (κ1) is 19.5. The molecule has 2 aromatic rings. The summed E-state index contributed by atoms with van der Waals surface area (Å²) in [6, 6.07) is 2.57. The monoisotopic (exact) mass is 401 g/mol. The van der Waals surface area contributed by atoms with E-state index in [0.29, 0.717) is 23.2 Å². The van der Waals surface area contributed by atoms with Gasteiger partial charge in [-0.15, -0.1) is 12.4 Å². The van der Waals surface area contributed by atoms with E-state index >= 15 is 0 Å². The van der Waals surface area contributed by atoms with E-state index in [2.05, 4.69) is 14.5 Å². The third-order valence-corrected chi connectivity index (χ3v) is 5.50. The minimum absolute atomic E-state index is 0. The predicted molar refractivity (Wildman–Crippen MR) is 100 cm³/mol. The number of nitrogens with zero attached hydrogens (tertiary/aromatic N) is 2. The molecule has 1 fully saturated rings. The number of benzene rings is 1. The lowest BCUT2D eigenvalue weighted by Crippen LogP contribution is -2.36. The van der Waals surface area contributed by atoms with Gasteiger partial charge in [0.1, 0.15) is 11.6 Å². The lowest BCUT2D eigenvalue weighted by Gasteiger charge is -2.30. The van der Waals surface area contributed by atoms with Gasteiger partial charge in [0.2, 0.25) is 0 Å². The van der Waals surface area contributed by atoms with Crippen LogP contribution in [0.4, 0.5) is 8.78 Å². The molecule has 0 amide bonds. The van der Waals surface area contributed by atoms with E-state index in [1.807, 2.05) is 6.20 Å². The highest BCUT2D eigenvalue weighted by Crippen LogP contribution is 2.32. The van der Waals surface area contributed by atoms with Gasteiger partial charge in [-0.3, -0.25) is 4.90 Å². The van der Waals surface area contributed by atoms with Crippen LogP contribution in [0.15, 0.2) is 18.3 Å². The Kier molecular flexibility index (Phi) is 6.12. The zero-order valence-corrected chi connectivity index (χ0v) is 16.0. The summed E-state index contributed by atoms with van der Waals surface area (Å²) in [6.07, 6.45) is 3.97. The minimum Gasteiger partial charge on any atom is -0.379 e. The number of halogens is 3. The van der Waals surface area contributed by atoms with Gasteiger partial charge in [-0.25, -0.2) is 8.78 Å². The first-order valence-electron chi connectivity index (χ1n) is 8.67. The molecular formula is C18H22ClF2N3OS. The van der Waals surface area contributed by atoms with Gasteiger partial charge < -0.3 is 14.3 Å². The summed E-state index contributed by atoms with van der Waals surface area (Å²) in [7, 11) is 0. The number of hydrogen-bond donors (Lipinski definition) is 1. The molecule has 1 N–H and O–H groups in total. The average molecular weight is 402 g/mol. The van der Waals surface area contributed by atoms with E-state index in [0.717, 1.165) is 56.6 Å². The third kappa shape index (κ3) is 3.86. The Morgan fingerprint density at radius 3 is 2.77 bits per heavy atom. The largest absolute Gasteiger partial charge is 0.379 e. The highest BCUT2D eigenvalue weighted by molar-refractivity contribution is 7.71. The van der Waals surface area contributed by atoms with Gasteiger partial charge in [0, 0.05) is 37.9 Å². The molecular weight excluding hydrogens is 380 g/mol. The molecule has 0 unspecified atom stereocenters. The van der Waals surface area contributed by atoms with Crippen LogP contribution in [-0.4, -0.2) is 40.8 Å². The number of nitrogens with one attached hydrogen (secondary N) is 1. The summed E-state index contributed by atoms with van der Waals surface area (Å²) in [4.78, 5) is 5.48. The van der Waals surface area contributed by atoms with Crippen LogP contribution >= 0.6 is 24.6 Å². The van der Waals surface area contributed by atoms with E-state index in [-0.39, 0.29) is 18.4 Å². The fraction of sp³-hybridized carbons (Fsp3) is 0.500. The SMILES string of the molecule is Cl.Fc1cc(F)c2c(c1)C[C@@H](n1c(CN3CCOCC3)c[nH]c1=S)CC2. The molecule has 2 heterocycles. The number of rotatable bonds is 3. The number of aromatic amines is 1. The number of imidazole rings is 1. The van der Waals surface area contributed by atoms with Crippen LogP contribution in [0.25, 0.3) is 0 Å². The predicted octanol–water partition coefficient (Wildman–Crippen LogP) is 3.81. The van der Waals surface area contributed by atoms with Crippen molar-refractivity contribution in [3.05, 3.63) is 51.6 Å². The van der Waals surface area contributed by atoms with E-state index in [9.17, 15) is 8.78 Å². The van der Waals surface area contributed by atoms with Crippen LogP contribution in [0.5, 0.6) is 0 Å². The molecule has 4 nitrogen and oxygen atoms in total. The smallest absolute Gasteiger partial charge is 0.177 e. The lowest BCUT2D eigenvalue weighted by atomic mass is 9.87. The molecule has 1 aromatic carbocycles. The van der Waals surface area contributed by atoms with Crippen LogP contribution in [0.3, 0.4) is 0 Å². The summed E-state index contributed by atoms with van der Waals surface area (Å²) in [5.41, 5.74) is 2.53. The maximum atomic E-state index is 14.0. The molecule has 1 aliphatic carbocycles. The van der Waals surface area contributed by atoms with Crippen molar-refractivity contribution in [3.8, 4) is 0 Å². The fourth-order valence-corrected chi connectivity index (χ4v) is 4.26. The standard InChI is InChI=1S/C18H21F2N3OS.ClH/c19-13-7-12-8-14(1-2-16(12)17(20)9-13)23-15(10-21-18(23)25)11-22-3-5-24-6-4-22;/h7,9-10,14H,1-6,8,11H2,(H,21,25);1H/t14-;/m0./s1. The van der Waals surface area contributed by atoms with Gasteiger partial charge in [0.05, 0.1) is 18.9 Å². The van der Waals surface area contributed by atoms with Crippen LogP contribution in [0.2, 0.25) is 0 Å². The molecule has 8 heteroatoms. The van der Waals surface area contributed by atoms with Crippen molar-refractivity contribution in [2.45, 2.75) is 31.8 Å². The van der Waals surface area contributed by atoms with E-state index < -0.39 is 11.6 Å². The summed E-state index contributed by atoms with van der Waals surface area (Å²) < 4.78 is 35.8. The van der Waals surface area contributed by atoms with Crippen molar-refractivity contribution in [2.24, 2.45) is 0 Å². The molecule has 26 heavy (non-hydrogen) atoms. The van der Waals surface area contributed by atoms with Crippen molar-refractivity contribution in [1.29, 1.82) is 0 Å². The van der Waals surface area contributed by atoms with Gasteiger partial charge in [0.15, 0.2) is 4.77 Å². The van der Waals surface area contributed by atoms with Gasteiger partial charge in [-0.2, -0.15) is 0 Å². The minimum atomic E-state index is -0.511. The summed E-state index contributed by atoms with van der Waals surface area (Å²) in [5, 5.41) is 0. The fourth-order valence-electron chi connectivity index (χ4n) is 3.93. The number of fused-ring (bicyclic) bond motifs is 1. The lowest BCUT2D eigenvalue weighted by molar-refractivity contribution is 0.0329. The van der Waals surface area contributed by atoms with Crippen molar-refractivity contribution < 1.29 is 13.5 Å². The van der Waals surface area contributed by atoms with Crippen LogP contribution < -0.4 is 0 Å². The first-order chi connectivity index (χ1) is 12.1. The molecule has 142 valence electrons. The molecule has 0 spiro atoms. The van der Waals surface area contributed by atoms with E-state index in [4.69, 9.17) is 17.0 Å². The Hall–Kier alpha value is -1.28. The number of ether oxygens (including phenoxy) is 1. The van der Waals surface area contributed by atoms with Gasteiger partial charge in [-0.1, -0.05) is 0 Å². The third-order valence-electron chi connectivity index (χ3n) is 5.18. The Bertz CT molecular complexity index is 832. The van der Waals surface area contributed by atoms with E-state index in [1.165, 1.54) is 6.07 Å². The second kappa shape index (κ2) is 8.17. The normalized spacial score (nSPS) is 20.5. The van der Waals surface area contributed by atoms with Gasteiger partial charge in [-0.05, 0) is 48.7 Å². The highest BCUT2D eigenvalue weighted by Gasteiger charge is 2.26. The maximum Gasteiger partial charge on any atom is 0.177 e. The summed E-state index contributed by atoms with van der Waals surface area (Å²) in [5.74, 6) is -0.942. The Morgan fingerprint density at radius 2 is 2.00 bits per heavy atom. The van der Waals surface area contributed by atoms with Crippen LogP contribution in [0, 0.1) is 16.4 Å². The zero-order valence-electron chi connectivity index (χ0n) is 14.3. The summed E-state index contributed by atoms with van der Waals surface area (Å²) in [6.45, 7) is 4.11. The van der Waals surface area contributed by atoms with Gasteiger partial charge in [0.25, 0.3) is 0 Å². The zero-order chi connectivity index (χ0) is 17.4. The molecule has 1 aliphatic heterocycles. The molecule has 0 bridgehead atoms. The van der Waals surface area contributed by atoms with Crippen molar-refractivity contribution in [1.82, 2.24) is 14.5 Å². The van der Waals surface area contributed by atoms with Crippen molar-refractivity contribution in [2.75, 3.05) is 26.3 Å². The Morgan fingerprint density at radius 1 is 1.23 bits per heavy atom. The molecule has 1 atom stereocenters. The van der Waals surface area contributed by atoms with Crippen LogP contribution in [-0.2, 0) is 24.1 Å². The molecule has 4 rings (SSSR count). The number of hydrogen-bond acceptors (Lipinski definition) is 3. The quantitative estimate of drug-likeness (QED) is 0.794. The van der Waals surface area contributed by atoms with Crippen LogP contribution in [0.1, 0.15) is 29.3 Å². The average Bonchev–Trinajstić information content (AvgIpc) is 2.95. The second-order valence-corrected chi connectivity index (χ2v) is 7.15.